The number of imide groups is 2. The van der Waals surface area contributed by atoms with Crippen LogP contribution in [0.15, 0.2) is 109 Å². The first-order chi connectivity index (χ1) is 34.4. The lowest BCUT2D eigenvalue weighted by Gasteiger charge is -2.18. The van der Waals surface area contributed by atoms with Gasteiger partial charge in [0.2, 0.25) is 0 Å². The number of anilines is 1. The zero-order valence-corrected chi connectivity index (χ0v) is 39.8. The predicted molar refractivity (Wildman–Crippen MR) is 260 cm³/mol. The number of nitro benzene ring substituents is 1. The zero-order valence-electron chi connectivity index (χ0n) is 39.8. The first kappa shape index (κ1) is 51.7. The number of non-ortho nitro benzene ring substituents is 1. The molecule has 0 spiro atoms. The second-order valence-electron chi connectivity index (χ2n) is 18.6. The fourth-order valence-electron chi connectivity index (χ4n) is 10.0. The van der Waals surface area contributed by atoms with Crippen LogP contribution in [-0.4, -0.2) is 84.1 Å². The first-order valence-corrected chi connectivity index (χ1v) is 24.8. The molecule has 0 saturated heterocycles. The monoisotopic (exact) mass is 974 g/mol. The van der Waals surface area contributed by atoms with Crippen molar-refractivity contribution in [3.8, 4) is 5.75 Å². The number of amides is 5. The van der Waals surface area contributed by atoms with Gasteiger partial charge in [0, 0.05) is 49.5 Å². The number of hydrogen-bond donors (Lipinski definition) is 1. The number of benzene rings is 2. The number of nitrogens with zero attached hydrogens (tertiary/aromatic N) is 3. The maximum absolute atomic E-state index is 12.2. The number of esters is 1. The summed E-state index contributed by atoms with van der Waals surface area (Å²) in [5, 5.41) is 13.2. The fourth-order valence-corrected chi connectivity index (χ4v) is 10.0. The van der Waals surface area contributed by atoms with Gasteiger partial charge in [-0.2, -0.15) is 0 Å². The van der Waals surface area contributed by atoms with Crippen LogP contribution in [0.5, 0.6) is 5.75 Å². The minimum Gasteiger partial charge on any atom is -0.462 e. The van der Waals surface area contributed by atoms with Crippen molar-refractivity contribution in [1.82, 2.24) is 10.2 Å². The van der Waals surface area contributed by atoms with Crippen LogP contribution < -0.4 is 15.0 Å². The van der Waals surface area contributed by atoms with Crippen molar-refractivity contribution in [3.63, 3.8) is 0 Å². The van der Waals surface area contributed by atoms with Gasteiger partial charge in [-0.15, -0.1) is 0 Å². The van der Waals surface area contributed by atoms with Crippen LogP contribution in [-0.2, 0) is 44.6 Å². The molecular formula is C54H62N4O13. The summed E-state index contributed by atoms with van der Waals surface area (Å²) in [6.45, 7) is 1.23. The molecule has 2 fully saturated rings. The number of rotatable bonds is 13. The van der Waals surface area contributed by atoms with Crippen molar-refractivity contribution in [2.75, 3.05) is 31.2 Å². The first-order valence-electron chi connectivity index (χ1n) is 24.8. The molecule has 2 saturated carbocycles. The van der Waals surface area contributed by atoms with Gasteiger partial charge in [-0.05, 0) is 149 Å². The molecule has 71 heavy (non-hydrogen) atoms. The Balaban J connectivity index is 0.000000157. The zero-order chi connectivity index (χ0) is 50.1. The van der Waals surface area contributed by atoms with Gasteiger partial charge in [0.25, 0.3) is 29.3 Å². The van der Waals surface area contributed by atoms with E-state index in [1.165, 1.54) is 61.4 Å². The maximum atomic E-state index is 12.2. The van der Waals surface area contributed by atoms with Crippen LogP contribution in [0.1, 0.15) is 89.0 Å². The number of nitrogens with one attached hydrogen (secondary N) is 1. The molecule has 17 heteroatoms. The van der Waals surface area contributed by atoms with E-state index in [4.69, 9.17) is 18.9 Å². The number of nitro groups is 1. The topological polar surface area (TPSA) is 218 Å². The fraction of sp³-hybridized carbons (Fsp3) is 0.463. The number of ether oxygens (including phenoxy) is 4. The van der Waals surface area contributed by atoms with Crippen molar-refractivity contribution in [3.05, 3.63) is 125 Å². The number of carbonyl (C=O) groups is 7. The van der Waals surface area contributed by atoms with Gasteiger partial charge in [-0.3, -0.25) is 39.0 Å². The molecule has 2 aliphatic heterocycles. The van der Waals surface area contributed by atoms with E-state index in [-0.39, 0.29) is 66.6 Å². The van der Waals surface area contributed by atoms with Gasteiger partial charge in [-0.25, -0.2) is 14.5 Å². The summed E-state index contributed by atoms with van der Waals surface area (Å²) in [4.78, 5) is 93.9. The summed E-state index contributed by atoms with van der Waals surface area (Å²) in [6, 6.07) is 12.2. The Bertz CT molecular complexity index is 2340. The van der Waals surface area contributed by atoms with Crippen molar-refractivity contribution < 1.29 is 57.4 Å². The SMILES string of the molecule is O=C(Cc1ccc(N2C(=O)C=CC2=O)cc1)O[C@@H]1CC/C=C/CCC1.O=C(NCCN1C(=O)C=CC1=O)OCC1[C@H]2CC/C=C/CC[C@@H]12.O=C(OCC1[C@H]2CC/C=C/CC[C@@H]12)Oc1ccc([N+](=O)[O-])cc1. The Morgan fingerprint density at radius 3 is 1.68 bits per heavy atom. The van der Waals surface area contributed by atoms with Crippen LogP contribution >= 0.6 is 0 Å². The van der Waals surface area contributed by atoms with E-state index in [2.05, 4.69) is 41.8 Å². The molecule has 1 N–H and O–H groups in total. The Morgan fingerprint density at radius 1 is 0.620 bits per heavy atom. The molecule has 2 aromatic rings. The lowest BCUT2D eigenvalue weighted by atomic mass is 10.0. The highest BCUT2D eigenvalue weighted by molar-refractivity contribution is 6.28. The molecule has 7 atom stereocenters. The maximum Gasteiger partial charge on any atom is 0.513 e. The van der Waals surface area contributed by atoms with E-state index in [9.17, 15) is 43.7 Å². The van der Waals surface area contributed by atoms with Crippen molar-refractivity contribution >= 4 is 53.2 Å². The van der Waals surface area contributed by atoms with Crippen LogP contribution in [0, 0.1) is 45.6 Å². The second kappa shape index (κ2) is 25.6. The number of hydrogen-bond acceptors (Lipinski definition) is 13. The van der Waals surface area contributed by atoms with E-state index in [0.717, 1.165) is 86.0 Å². The lowest BCUT2D eigenvalue weighted by Crippen LogP contribution is -2.38. The average molecular weight is 975 g/mol. The second-order valence-corrected chi connectivity index (χ2v) is 18.6. The van der Waals surface area contributed by atoms with Gasteiger partial charge < -0.3 is 24.3 Å². The average Bonchev–Trinajstić information content (AvgIpc) is 4.08. The largest absolute Gasteiger partial charge is 0.513 e. The number of alkyl carbamates (subject to hydrolysis) is 1. The molecule has 0 bridgehead atoms. The molecule has 0 aromatic heterocycles. The smallest absolute Gasteiger partial charge is 0.462 e. The number of allylic oxidation sites excluding steroid dienone is 6. The third-order valence-electron chi connectivity index (χ3n) is 13.9. The molecule has 5 aliphatic carbocycles. The minimum absolute atomic E-state index is 0.0114. The standard InChI is InChI=1S/C20H21NO4.C17H22N2O4.C17H19NO5/c22-18-12-13-19(23)21(18)16-10-8-15(9-11-16)14-20(24)25-17-6-4-2-1-3-5-7-17;20-15-7-8-16(21)19(15)10-9-18-17(22)23-11-14-12-5-3-1-2-4-6-13(12)14;19-17(23-13-9-7-12(8-10-13)18(20)21)22-11-16-14-5-3-1-2-4-6-15(14)16/h1-2,8-13,17H,3-7,14H2;1-2,7-8,12-14H,3-6,9-11H2,(H,18,22);1-2,7-10,14-16H,3-6,11H2/b3*2-1+/t17-;12-,13+,14?;14-,15+,16?/m1../s1. The van der Waals surface area contributed by atoms with E-state index in [0.29, 0.717) is 54.4 Å². The molecule has 2 aromatic carbocycles. The quantitative estimate of drug-likeness (QED) is 0.0378. The number of carbonyl (C=O) groups excluding carboxylic acids is 7. The summed E-state index contributed by atoms with van der Waals surface area (Å²) in [5.74, 6) is 2.26. The highest BCUT2D eigenvalue weighted by Gasteiger charge is 2.50. The van der Waals surface area contributed by atoms with E-state index in [1.54, 1.807) is 24.3 Å². The highest BCUT2D eigenvalue weighted by atomic mass is 16.7. The molecule has 7 aliphatic rings. The molecule has 2 unspecified atom stereocenters. The van der Waals surface area contributed by atoms with E-state index in [1.807, 2.05) is 0 Å². The van der Waals surface area contributed by atoms with Gasteiger partial charge in [0.05, 0.1) is 30.2 Å². The molecule has 5 amide bonds. The molecule has 17 nitrogen and oxygen atoms in total. The summed E-state index contributed by atoms with van der Waals surface area (Å²) in [6.07, 6.45) is 31.1. The molecule has 2 heterocycles. The Labute approximate surface area is 413 Å². The Kier molecular flexibility index (Phi) is 18.6. The van der Waals surface area contributed by atoms with E-state index >= 15 is 0 Å². The number of fused-ring (bicyclic) bond motifs is 2. The summed E-state index contributed by atoms with van der Waals surface area (Å²) >= 11 is 0. The van der Waals surface area contributed by atoms with Crippen molar-refractivity contribution in [2.24, 2.45) is 35.5 Å². The van der Waals surface area contributed by atoms with Crippen LogP contribution in [0.4, 0.5) is 21.0 Å². The summed E-state index contributed by atoms with van der Waals surface area (Å²) < 4.78 is 21.1. The molecule has 376 valence electrons. The third-order valence-corrected chi connectivity index (χ3v) is 13.9. The highest BCUT2D eigenvalue weighted by Crippen LogP contribution is 2.53. The van der Waals surface area contributed by atoms with Gasteiger partial charge in [0.15, 0.2) is 0 Å². The summed E-state index contributed by atoms with van der Waals surface area (Å²) in [7, 11) is 0. The van der Waals surface area contributed by atoms with Gasteiger partial charge >= 0.3 is 18.2 Å². The third kappa shape index (κ3) is 15.4. The van der Waals surface area contributed by atoms with Gasteiger partial charge in [-0.1, -0.05) is 48.6 Å². The van der Waals surface area contributed by atoms with Crippen LogP contribution in [0.3, 0.4) is 0 Å². The normalized spacial score (nSPS) is 26.3. The molecular weight excluding hydrogens is 913 g/mol. The van der Waals surface area contributed by atoms with Crippen LogP contribution in [0.2, 0.25) is 0 Å². The molecule has 0 radical (unpaired) electrons. The summed E-state index contributed by atoms with van der Waals surface area (Å²) in [5.41, 5.74) is 1.25. The van der Waals surface area contributed by atoms with Crippen molar-refractivity contribution in [1.29, 1.82) is 0 Å². The van der Waals surface area contributed by atoms with Crippen molar-refractivity contribution in [2.45, 2.75) is 96.0 Å². The predicted octanol–water partition coefficient (Wildman–Crippen LogP) is 8.82. The molecule has 9 rings (SSSR count). The van der Waals surface area contributed by atoms with Gasteiger partial charge in [0.1, 0.15) is 11.9 Å². The Hall–Kier alpha value is -7.17. The minimum atomic E-state index is -0.753. The van der Waals surface area contributed by atoms with Crippen LogP contribution in [0.25, 0.3) is 0 Å². The Morgan fingerprint density at radius 2 is 1.13 bits per heavy atom. The van der Waals surface area contributed by atoms with E-state index < -0.39 is 17.2 Å². The lowest BCUT2D eigenvalue weighted by molar-refractivity contribution is -0.384.